The van der Waals surface area contributed by atoms with Crippen LogP contribution in [0.25, 0.3) is 0 Å². The Hall–Kier alpha value is -2.32. The fraction of sp³-hybridized carbons (Fsp3) is 0.526. The molecule has 1 saturated carbocycles. The Kier molecular flexibility index (Phi) is 6.90. The van der Waals surface area contributed by atoms with Gasteiger partial charge in [-0.05, 0) is 37.3 Å². The molecule has 0 saturated heterocycles. The van der Waals surface area contributed by atoms with Crippen LogP contribution in [-0.4, -0.2) is 30.3 Å². The van der Waals surface area contributed by atoms with Gasteiger partial charge in [0, 0.05) is 11.6 Å². The van der Waals surface area contributed by atoms with Crippen molar-refractivity contribution in [3.8, 4) is 11.5 Å². The number of benzene rings is 1. The minimum absolute atomic E-state index is 0. The highest BCUT2D eigenvalue weighted by Crippen LogP contribution is 2.37. The third kappa shape index (κ3) is 4.39. The maximum absolute atomic E-state index is 12.8. The molecule has 1 aromatic carbocycles. The highest BCUT2D eigenvalue weighted by molar-refractivity contribution is 5.95. The molecule has 1 aromatic heterocycles. The molecule has 3 rings (SSSR count). The van der Waals surface area contributed by atoms with Crippen LogP contribution in [0.3, 0.4) is 0 Å². The number of carbonyl (C=O) groups is 1. The van der Waals surface area contributed by atoms with Crippen molar-refractivity contribution in [2.75, 3.05) is 14.2 Å². The van der Waals surface area contributed by atoms with Crippen molar-refractivity contribution in [2.24, 2.45) is 11.7 Å². The molecule has 1 fully saturated rings. The average Bonchev–Trinajstić information content (AvgIpc) is 3.13. The normalized spacial score (nSPS) is 15.9. The molecule has 8 nitrogen and oxygen atoms in total. The van der Waals surface area contributed by atoms with Crippen LogP contribution in [0.4, 0.5) is 0 Å². The van der Waals surface area contributed by atoms with Gasteiger partial charge in [0.25, 0.3) is 5.91 Å². The molecule has 0 spiro atoms. The number of nitrogens with two attached hydrogens (primary N) is 1. The zero-order chi connectivity index (χ0) is 19.6. The Balaban J connectivity index is 0.00000280. The molecule has 3 N–H and O–H groups in total. The topological polar surface area (TPSA) is 112 Å². The molecule has 0 radical (unpaired) electrons. The van der Waals surface area contributed by atoms with Crippen molar-refractivity contribution in [3.05, 3.63) is 35.5 Å². The number of nitrogens with one attached hydrogen (secondary N) is 1. The summed E-state index contributed by atoms with van der Waals surface area (Å²) in [6, 6.07) is 4.58. The van der Waals surface area contributed by atoms with E-state index in [-0.39, 0.29) is 24.2 Å². The lowest BCUT2D eigenvalue weighted by molar-refractivity contribution is 0.0913. The van der Waals surface area contributed by atoms with Crippen LogP contribution >= 0.6 is 12.4 Å². The fourth-order valence-corrected chi connectivity index (χ4v) is 3.02. The van der Waals surface area contributed by atoms with Crippen molar-refractivity contribution < 1.29 is 18.8 Å². The Bertz CT molecular complexity index is 798. The summed E-state index contributed by atoms with van der Waals surface area (Å²) in [4.78, 5) is 17.3. The van der Waals surface area contributed by atoms with E-state index in [0.29, 0.717) is 28.8 Å². The van der Waals surface area contributed by atoms with Gasteiger partial charge >= 0.3 is 0 Å². The van der Waals surface area contributed by atoms with E-state index in [4.69, 9.17) is 19.7 Å². The zero-order valence-corrected chi connectivity index (χ0v) is 17.3. The molecular weight excluding hydrogens is 384 g/mol. The second-order valence-corrected chi connectivity index (χ2v) is 7.26. The number of rotatable bonds is 7. The van der Waals surface area contributed by atoms with Crippen LogP contribution < -0.4 is 20.5 Å². The molecule has 1 unspecified atom stereocenters. The van der Waals surface area contributed by atoms with Crippen LogP contribution in [0.5, 0.6) is 11.5 Å². The van der Waals surface area contributed by atoms with E-state index < -0.39 is 11.6 Å². The van der Waals surface area contributed by atoms with E-state index in [0.717, 1.165) is 19.3 Å². The van der Waals surface area contributed by atoms with Gasteiger partial charge in [-0.15, -0.1) is 12.4 Å². The molecule has 154 valence electrons. The summed E-state index contributed by atoms with van der Waals surface area (Å²) in [5.41, 5.74) is 6.19. The second-order valence-electron chi connectivity index (χ2n) is 7.26. The standard InChI is InChI=1S/C19H26N4O4.ClH/c1-11(2)15(17-22-18(23-27-17)19(20)6-5-7-19)21-16(24)12-8-13(25-3)10-14(9-12)26-4;/h8-11,15H,5-7,20H2,1-4H3,(H,21,24);1H. The Morgan fingerprint density at radius 1 is 1.21 bits per heavy atom. The number of hydrogen-bond donors (Lipinski definition) is 2. The third-order valence-corrected chi connectivity index (χ3v) is 4.97. The lowest BCUT2D eigenvalue weighted by atomic mass is 9.77. The lowest BCUT2D eigenvalue weighted by Gasteiger charge is -2.34. The smallest absolute Gasteiger partial charge is 0.252 e. The van der Waals surface area contributed by atoms with Gasteiger partial charge in [-0.2, -0.15) is 4.98 Å². The molecule has 9 heteroatoms. The number of methoxy groups -OCH3 is 2. The summed E-state index contributed by atoms with van der Waals surface area (Å²) in [7, 11) is 3.08. The Labute approximate surface area is 170 Å². The summed E-state index contributed by atoms with van der Waals surface area (Å²) in [5, 5.41) is 7.01. The van der Waals surface area contributed by atoms with Crippen LogP contribution in [-0.2, 0) is 5.54 Å². The number of amides is 1. The van der Waals surface area contributed by atoms with Crippen molar-refractivity contribution in [3.63, 3.8) is 0 Å². The largest absolute Gasteiger partial charge is 0.497 e. The van der Waals surface area contributed by atoms with E-state index in [9.17, 15) is 4.79 Å². The van der Waals surface area contributed by atoms with Gasteiger partial charge in [0.1, 0.15) is 17.5 Å². The molecule has 0 aliphatic heterocycles. The van der Waals surface area contributed by atoms with E-state index in [1.165, 1.54) is 14.2 Å². The zero-order valence-electron chi connectivity index (χ0n) is 16.5. The lowest BCUT2D eigenvalue weighted by Crippen LogP contribution is -2.44. The molecular formula is C19H27ClN4O4. The summed E-state index contributed by atoms with van der Waals surface area (Å²) >= 11 is 0. The van der Waals surface area contributed by atoms with E-state index in [2.05, 4.69) is 15.5 Å². The Morgan fingerprint density at radius 3 is 2.29 bits per heavy atom. The summed E-state index contributed by atoms with van der Waals surface area (Å²) < 4.78 is 15.9. The minimum Gasteiger partial charge on any atom is -0.497 e. The first-order valence-corrected chi connectivity index (χ1v) is 9.03. The number of carbonyl (C=O) groups excluding carboxylic acids is 1. The van der Waals surface area contributed by atoms with Gasteiger partial charge in [-0.1, -0.05) is 19.0 Å². The molecule has 1 aliphatic carbocycles. The van der Waals surface area contributed by atoms with Gasteiger partial charge in [-0.3, -0.25) is 4.79 Å². The van der Waals surface area contributed by atoms with Gasteiger partial charge in [0.15, 0.2) is 5.82 Å². The van der Waals surface area contributed by atoms with Crippen LogP contribution in [0, 0.1) is 5.92 Å². The molecule has 0 bridgehead atoms. The molecule has 1 aliphatic rings. The number of hydrogen-bond acceptors (Lipinski definition) is 7. The third-order valence-electron chi connectivity index (χ3n) is 4.97. The predicted octanol–water partition coefficient (Wildman–Crippen LogP) is 2.97. The van der Waals surface area contributed by atoms with E-state index in [1.807, 2.05) is 13.8 Å². The summed E-state index contributed by atoms with van der Waals surface area (Å²) in [5.74, 6) is 1.71. The maximum atomic E-state index is 12.8. The molecule has 1 atom stereocenters. The average molecular weight is 411 g/mol. The SMILES string of the molecule is COc1cc(OC)cc(C(=O)NC(c2nc(C3(N)CCC3)no2)C(C)C)c1.Cl. The number of ether oxygens (including phenoxy) is 2. The maximum Gasteiger partial charge on any atom is 0.252 e. The van der Waals surface area contributed by atoms with Gasteiger partial charge in [0.05, 0.1) is 19.8 Å². The van der Waals surface area contributed by atoms with Crippen molar-refractivity contribution in [1.29, 1.82) is 0 Å². The number of aromatic nitrogens is 2. The van der Waals surface area contributed by atoms with Crippen LogP contribution in [0.2, 0.25) is 0 Å². The molecule has 1 heterocycles. The minimum atomic E-state index is -0.506. The van der Waals surface area contributed by atoms with Crippen LogP contribution in [0.1, 0.15) is 61.2 Å². The van der Waals surface area contributed by atoms with E-state index >= 15 is 0 Å². The first kappa shape index (κ1) is 22.0. The summed E-state index contributed by atoms with van der Waals surface area (Å²) in [6.07, 6.45) is 2.74. The highest BCUT2D eigenvalue weighted by atomic mass is 35.5. The monoisotopic (exact) mass is 410 g/mol. The van der Waals surface area contributed by atoms with Gasteiger partial charge < -0.3 is 25.0 Å². The second kappa shape index (κ2) is 8.79. The molecule has 1 amide bonds. The van der Waals surface area contributed by atoms with E-state index in [1.54, 1.807) is 18.2 Å². The number of halogens is 1. The predicted molar refractivity (Wildman–Crippen MR) is 106 cm³/mol. The van der Waals surface area contributed by atoms with Gasteiger partial charge in [0.2, 0.25) is 5.89 Å². The van der Waals surface area contributed by atoms with Crippen LogP contribution in [0.15, 0.2) is 22.7 Å². The molecule has 2 aromatic rings. The van der Waals surface area contributed by atoms with Crippen molar-refractivity contribution >= 4 is 18.3 Å². The fourth-order valence-electron chi connectivity index (χ4n) is 3.02. The quantitative estimate of drug-likeness (QED) is 0.721. The summed E-state index contributed by atoms with van der Waals surface area (Å²) in [6.45, 7) is 3.95. The molecule has 28 heavy (non-hydrogen) atoms. The Morgan fingerprint density at radius 2 is 1.82 bits per heavy atom. The first-order chi connectivity index (χ1) is 12.9. The van der Waals surface area contributed by atoms with Crippen molar-refractivity contribution in [1.82, 2.24) is 15.5 Å². The van der Waals surface area contributed by atoms with Crippen molar-refractivity contribution in [2.45, 2.75) is 44.7 Å². The highest BCUT2D eigenvalue weighted by Gasteiger charge is 2.40. The van der Waals surface area contributed by atoms with Gasteiger partial charge in [-0.25, -0.2) is 0 Å². The number of nitrogens with zero attached hydrogens (tertiary/aromatic N) is 2. The first-order valence-electron chi connectivity index (χ1n) is 9.03.